The minimum Gasteiger partial charge on any atom is -0.462 e. The molecule has 109 heavy (non-hydrogen) atoms. The van der Waals surface area contributed by atoms with Crippen LogP contribution >= 0.6 is 15.6 Å². The summed E-state index contributed by atoms with van der Waals surface area (Å²) >= 11 is 0. The van der Waals surface area contributed by atoms with Gasteiger partial charge < -0.3 is 33.8 Å². The molecule has 0 bridgehead atoms. The van der Waals surface area contributed by atoms with Gasteiger partial charge in [-0.1, -0.05) is 433 Å². The zero-order valence-corrected chi connectivity index (χ0v) is 73.7. The third kappa shape index (κ3) is 83.8. The summed E-state index contributed by atoms with van der Waals surface area (Å²) < 4.78 is 69.0. The van der Waals surface area contributed by atoms with E-state index in [-0.39, 0.29) is 25.7 Å². The van der Waals surface area contributed by atoms with Crippen molar-refractivity contribution in [3.63, 3.8) is 0 Å². The van der Waals surface area contributed by atoms with Gasteiger partial charge >= 0.3 is 39.5 Å². The van der Waals surface area contributed by atoms with Crippen molar-refractivity contribution in [1.82, 2.24) is 0 Å². The molecule has 0 aromatic rings. The number of unbranched alkanes of at least 4 members (excludes halogenated alkanes) is 59. The standard InChI is InChI=1S/C90H176O17P2/c1-7-9-11-13-15-17-19-21-23-25-27-29-30-32-34-38-42-46-50-54-62-68-74-89(94)106-85(78-100-87(92)72-66-60-53-49-45-41-37-33-31-28-26-24-22-20-18-16-14-12-10-8-2)80-104-108(96,97)102-76-84(91)77-103-109(98,99)105-81-86(79-101-88(93)73-67-61-57-56-59-65-71-83(5)6)107-90(95)75-69-63-55-51-47-43-39-35-36-40-44-48-52-58-64-70-82(3)4/h82-86,91H,7-81H2,1-6H3,(H,96,97)(H,98,99)/t84-,85-,86-/m1/s1. The highest BCUT2D eigenvalue weighted by molar-refractivity contribution is 7.47. The second-order valence-corrected chi connectivity index (χ2v) is 36.2. The fourth-order valence-corrected chi connectivity index (χ4v) is 15.7. The minimum absolute atomic E-state index is 0.107. The zero-order chi connectivity index (χ0) is 79.9. The van der Waals surface area contributed by atoms with Crippen molar-refractivity contribution >= 4 is 39.5 Å². The third-order valence-electron chi connectivity index (χ3n) is 21.2. The molecule has 19 heteroatoms. The predicted molar refractivity (Wildman–Crippen MR) is 451 cm³/mol. The van der Waals surface area contributed by atoms with E-state index in [0.29, 0.717) is 31.6 Å². The molecule has 0 heterocycles. The Kier molecular flexibility index (Phi) is 79.8. The number of ether oxygens (including phenoxy) is 4. The van der Waals surface area contributed by atoms with E-state index in [9.17, 15) is 43.2 Å². The Morgan fingerprint density at radius 1 is 0.248 bits per heavy atom. The lowest BCUT2D eigenvalue weighted by Gasteiger charge is -2.21. The molecule has 5 atom stereocenters. The van der Waals surface area contributed by atoms with Gasteiger partial charge in [-0.25, -0.2) is 9.13 Å². The first-order chi connectivity index (χ1) is 52.9. The smallest absolute Gasteiger partial charge is 0.462 e. The second-order valence-electron chi connectivity index (χ2n) is 33.3. The molecule has 648 valence electrons. The third-order valence-corrected chi connectivity index (χ3v) is 23.1. The number of phosphoric ester groups is 2. The van der Waals surface area contributed by atoms with E-state index in [1.807, 2.05) is 0 Å². The maximum absolute atomic E-state index is 13.2. The Labute approximate surface area is 670 Å². The summed E-state index contributed by atoms with van der Waals surface area (Å²) in [5, 5.41) is 10.7. The summed E-state index contributed by atoms with van der Waals surface area (Å²) in [5.41, 5.74) is 0. The number of aliphatic hydroxyl groups excluding tert-OH is 1. The maximum Gasteiger partial charge on any atom is 0.472 e. The van der Waals surface area contributed by atoms with E-state index in [2.05, 4.69) is 41.5 Å². The first kappa shape index (κ1) is 107. The summed E-state index contributed by atoms with van der Waals surface area (Å²) in [6.07, 6.45) is 75.4. The molecule has 0 radical (unpaired) electrons. The number of esters is 4. The van der Waals surface area contributed by atoms with E-state index in [4.69, 9.17) is 37.0 Å². The Hall–Kier alpha value is -1.94. The topological polar surface area (TPSA) is 237 Å². The Balaban J connectivity index is 5.19. The quantitative estimate of drug-likeness (QED) is 0.0222. The van der Waals surface area contributed by atoms with Crippen LogP contribution in [0.25, 0.3) is 0 Å². The lowest BCUT2D eigenvalue weighted by Crippen LogP contribution is -2.30. The number of phosphoric acid groups is 2. The Morgan fingerprint density at radius 2 is 0.422 bits per heavy atom. The molecule has 2 unspecified atom stereocenters. The molecule has 0 spiro atoms. The molecule has 17 nitrogen and oxygen atoms in total. The van der Waals surface area contributed by atoms with Crippen LogP contribution in [0.2, 0.25) is 0 Å². The summed E-state index contributed by atoms with van der Waals surface area (Å²) in [7, 11) is -9.93. The van der Waals surface area contributed by atoms with Crippen molar-refractivity contribution in [2.45, 2.75) is 503 Å². The van der Waals surface area contributed by atoms with Gasteiger partial charge in [-0.2, -0.15) is 0 Å². The molecular weight excluding hydrogens is 1410 g/mol. The van der Waals surface area contributed by atoms with Crippen molar-refractivity contribution in [1.29, 1.82) is 0 Å². The van der Waals surface area contributed by atoms with Crippen molar-refractivity contribution < 1.29 is 80.2 Å². The number of hydrogen-bond donors (Lipinski definition) is 3. The Bertz CT molecular complexity index is 2080. The molecule has 0 fully saturated rings. The fraction of sp³-hybridized carbons (Fsp3) is 0.956. The number of rotatable bonds is 89. The van der Waals surface area contributed by atoms with Gasteiger partial charge in [-0.3, -0.25) is 37.3 Å². The van der Waals surface area contributed by atoms with E-state index in [1.165, 1.54) is 295 Å². The molecule has 0 aliphatic heterocycles. The summed E-state index contributed by atoms with van der Waals surface area (Å²) in [6.45, 7) is 9.63. The van der Waals surface area contributed by atoms with Crippen molar-refractivity contribution in [3.05, 3.63) is 0 Å². The van der Waals surface area contributed by atoms with Crippen LogP contribution in [0.5, 0.6) is 0 Å². The summed E-state index contributed by atoms with van der Waals surface area (Å²) in [6, 6.07) is 0. The first-order valence-electron chi connectivity index (χ1n) is 46.5. The second kappa shape index (κ2) is 81.2. The molecule has 0 aromatic heterocycles. The molecule has 0 saturated heterocycles. The SMILES string of the molecule is CCCCCCCCCCCCCCCCCCCCCCCCC(=O)O[C@H](COC(=O)CCCCCCCCCCCCCCCCCCCCCC)COP(=O)(O)OC[C@@H](O)COP(=O)(O)OC[C@@H](COC(=O)CCCCCCCCC(C)C)OC(=O)CCCCCCCCCCCCCCCCCC(C)C. The van der Waals surface area contributed by atoms with Gasteiger partial charge in [0.1, 0.15) is 19.3 Å². The van der Waals surface area contributed by atoms with E-state index in [0.717, 1.165) is 102 Å². The molecule has 0 rings (SSSR count). The highest BCUT2D eigenvalue weighted by atomic mass is 31.2. The lowest BCUT2D eigenvalue weighted by molar-refractivity contribution is -0.161. The van der Waals surface area contributed by atoms with Crippen LogP contribution in [0.4, 0.5) is 0 Å². The normalized spacial score (nSPS) is 13.8. The highest BCUT2D eigenvalue weighted by Crippen LogP contribution is 2.45. The molecule has 3 N–H and O–H groups in total. The zero-order valence-electron chi connectivity index (χ0n) is 71.9. The number of carbonyl (C=O) groups excluding carboxylic acids is 4. The van der Waals surface area contributed by atoms with Gasteiger partial charge in [0.05, 0.1) is 26.4 Å². The Morgan fingerprint density at radius 3 is 0.624 bits per heavy atom. The van der Waals surface area contributed by atoms with Gasteiger partial charge in [0.2, 0.25) is 0 Å². The highest BCUT2D eigenvalue weighted by Gasteiger charge is 2.31. The van der Waals surface area contributed by atoms with Crippen LogP contribution in [0.1, 0.15) is 485 Å². The molecule has 0 aliphatic carbocycles. The number of aliphatic hydroxyl groups is 1. The summed E-state index contributed by atoms with van der Waals surface area (Å²) in [4.78, 5) is 73.3. The van der Waals surface area contributed by atoms with E-state index >= 15 is 0 Å². The van der Waals surface area contributed by atoms with Crippen LogP contribution in [0.15, 0.2) is 0 Å². The number of hydrogen-bond acceptors (Lipinski definition) is 15. The fourth-order valence-electron chi connectivity index (χ4n) is 14.1. The largest absolute Gasteiger partial charge is 0.472 e. The summed E-state index contributed by atoms with van der Waals surface area (Å²) in [5.74, 6) is -0.620. The van der Waals surface area contributed by atoms with Crippen LogP contribution < -0.4 is 0 Å². The number of carbonyl (C=O) groups is 4. The first-order valence-corrected chi connectivity index (χ1v) is 49.5. The predicted octanol–water partition coefficient (Wildman–Crippen LogP) is 27.8. The molecule has 0 aromatic carbocycles. The van der Waals surface area contributed by atoms with Crippen molar-refractivity contribution in [2.24, 2.45) is 11.8 Å². The van der Waals surface area contributed by atoms with Crippen LogP contribution in [-0.2, 0) is 65.4 Å². The van der Waals surface area contributed by atoms with Gasteiger partial charge in [0.25, 0.3) is 0 Å². The van der Waals surface area contributed by atoms with Crippen LogP contribution in [0.3, 0.4) is 0 Å². The maximum atomic E-state index is 13.2. The molecule has 0 amide bonds. The molecule has 0 aliphatic rings. The van der Waals surface area contributed by atoms with Gasteiger partial charge in [-0.05, 0) is 37.5 Å². The van der Waals surface area contributed by atoms with E-state index < -0.39 is 97.5 Å². The van der Waals surface area contributed by atoms with Gasteiger partial charge in [0, 0.05) is 25.7 Å². The van der Waals surface area contributed by atoms with Crippen molar-refractivity contribution in [3.8, 4) is 0 Å². The lowest BCUT2D eigenvalue weighted by atomic mass is 10.0. The average Bonchev–Trinajstić information content (AvgIpc) is 0.899. The van der Waals surface area contributed by atoms with Crippen LogP contribution in [-0.4, -0.2) is 96.7 Å². The van der Waals surface area contributed by atoms with Crippen LogP contribution in [0, 0.1) is 11.8 Å². The average molecular weight is 1590 g/mol. The van der Waals surface area contributed by atoms with Gasteiger partial charge in [0.15, 0.2) is 12.2 Å². The monoisotopic (exact) mass is 1590 g/mol. The molecular formula is C90H176O17P2. The molecule has 0 saturated carbocycles. The van der Waals surface area contributed by atoms with Crippen molar-refractivity contribution in [2.75, 3.05) is 39.6 Å². The van der Waals surface area contributed by atoms with E-state index in [1.54, 1.807) is 0 Å². The van der Waals surface area contributed by atoms with Gasteiger partial charge in [-0.15, -0.1) is 0 Å². The minimum atomic E-state index is -4.97.